The minimum absolute atomic E-state index is 0.177. The number of hydrogen-bond acceptors (Lipinski definition) is 5. The third-order valence-electron chi connectivity index (χ3n) is 3.48. The van der Waals surface area contributed by atoms with Crippen LogP contribution in [0.2, 0.25) is 0 Å². The van der Waals surface area contributed by atoms with Crippen LogP contribution in [0.5, 0.6) is 0 Å². The Balaban J connectivity index is 2.35. The number of H-pyrrole nitrogens is 1. The number of hydrogen-bond donors (Lipinski definition) is 3. The average Bonchev–Trinajstić information content (AvgIpc) is 2.88. The molecule has 0 aromatic carbocycles. The molecule has 1 atom stereocenters. The lowest BCUT2D eigenvalue weighted by molar-refractivity contribution is 0.180. The van der Waals surface area contributed by atoms with Gasteiger partial charge in [-0.15, -0.1) is 0 Å². The Kier molecular flexibility index (Phi) is 4.59. The van der Waals surface area contributed by atoms with E-state index in [0.717, 1.165) is 6.42 Å². The zero-order valence-electron chi connectivity index (χ0n) is 12.3. The van der Waals surface area contributed by atoms with Crippen LogP contribution in [0.3, 0.4) is 0 Å². The number of aliphatic hydroxyl groups excluding tert-OH is 1. The van der Waals surface area contributed by atoms with Crippen molar-refractivity contribution in [2.24, 2.45) is 12.8 Å². The lowest BCUT2D eigenvalue weighted by atomic mass is 10.2. The van der Waals surface area contributed by atoms with Gasteiger partial charge in [-0.1, -0.05) is 0 Å². The fourth-order valence-electron chi connectivity index (χ4n) is 2.30. The number of unbranched alkanes of at least 4 members (excludes halogenated alkanes) is 1. The van der Waals surface area contributed by atoms with E-state index in [4.69, 9.17) is 5.73 Å². The van der Waals surface area contributed by atoms with Gasteiger partial charge in [0.2, 0.25) is 0 Å². The van der Waals surface area contributed by atoms with Crippen LogP contribution in [0, 0.1) is 0 Å². The van der Waals surface area contributed by atoms with Crippen molar-refractivity contribution in [3.63, 3.8) is 0 Å². The quantitative estimate of drug-likeness (QED) is 0.617. The summed E-state index contributed by atoms with van der Waals surface area (Å²) in [6.07, 6.45) is 1.69. The van der Waals surface area contributed by atoms with Crippen molar-refractivity contribution in [3.8, 4) is 0 Å². The highest BCUT2D eigenvalue weighted by Crippen LogP contribution is 2.05. The van der Waals surface area contributed by atoms with E-state index in [-0.39, 0.29) is 23.9 Å². The molecule has 0 saturated carbocycles. The molecule has 0 fully saturated rings. The molecule has 0 aliphatic heterocycles. The standard InChI is InChI=1S/C13H21N5O3/c1-8(19)5-3-4-6-18-12(20)10-11(17(2)13(18)21)16-9(7-14)15-10/h8,19H,3-7,14H2,1-2H3,(H,15,16)/t8-/m1/s1. The molecule has 0 radical (unpaired) electrons. The second-order valence-electron chi connectivity index (χ2n) is 5.23. The van der Waals surface area contributed by atoms with E-state index >= 15 is 0 Å². The SMILES string of the molecule is C[C@@H](O)CCCCn1c(=O)c2[nH]c(CN)nc2n(C)c1=O. The minimum Gasteiger partial charge on any atom is -0.393 e. The minimum atomic E-state index is -0.389. The number of imidazole rings is 1. The summed E-state index contributed by atoms with van der Waals surface area (Å²) in [5.74, 6) is 0.476. The highest BCUT2D eigenvalue weighted by molar-refractivity contribution is 5.69. The molecule has 0 amide bonds. The number of aromatic nitrogens is 4. The molecule has 0 unspecified atom stereocenters. The Bertz CT molecular complexity index is 741. The molecule has 2 heterocycles. The third-order valence-corrected chi connectivity index (χ3v) is 3.48. The summed E-state index contributed by atoms with van der Waals surface area (Å²) in [5, 5.41) is 9.21. The van der Waals surface area contributed by atoms with Crippen LogP contribution >= 0.6 is 0 Å². The van der Waals surface area contributed by atoms with Gasteiger partial charge in [0.25, 0.3) is 5.56 Å². The molecule has 21 heavy (non-hydrogen) atoms. The lowest BCUT2D eigenvalue weighted by Gasteiger charge is -2.08. The second kappa shape index (κ2) is 6.23. The molecule has 2 rings (SSSR count). The Morgan fingerprint density at radius 2 is 2.10 bits per heavy atom. The topological polar surface area (TPSA) is 119 Å². The molecule has 0 aliphatic carbocycles. The second-order valence-corrected chi connectivity index (χ2v) is 5.23. The van der Waals surface area contributed by atoms with Crippen molar-refractivity contribution < 1.29 is 5.11 Å². The van der Waals surface area contributed by atoms with E-state index < -0.39 is 0 Å². The number of nitrogens with zero attached hydrogens (tertiary/aromatic N) is 3. The summed E-state index contributed by atoms with van der Waals surface area (Å²) in [6, 6.07) is 0. The highest BCUT2D eigenvalue weighted by atomic mass is 16.3. The van der Waals surface area contributed by atoms with E-state index in [1.54, 1.807) is 14.0 Å². The van der Waals surface area contributed by atoms with Crippen LogP contribution in [-0.4, -0.2) is 30.3 Å². The predicted molar refractivity (Wildman–Crippen MR) is 79.0 cm³/mol. The van der Waals surface area contributed by atoms with Crippen LogP contribution in [0.4, 0.5) is 0 Å². The van der Waals surface area contributed by atoms with Crippen molar-refractivity contribution >= 4 is 11.2 Å². The van der Waals surface area contributed by atoms with E-state index in [1.165, 1.54) is 9.13 Å². The largest absolute Gasteiger partial charge is 0.393 e. The average molecular weight is 295 g/mol. The number of aryl methyl sites for hydroxylation is 1. The van der Waals surface area contributed by atoms with Gasteiger partial charge < -0.3 is 15.8 Å². The van der Waals surface area contributed by atoms with Gasteiger partial charge in [-0.2, -0.15) is 0 Å². The van der Waals surface area contributed by atoms with E-state index in [9.17, 15) is 14.7 Å². The summed E-state index contributed by atoms with van der Waals surface area (Å²) in [6.45, 7) is 2.22. The molecule has 2 aromatic rings. The van der Waals surface area contributed by atoms with Gasteiger partial charge in [0, 0.05) is 13.6 Å². The van der Waals surface area contributed by atoms with Gasteiger partial charge in [0.1, 0.15) is 11.3 Å². The molecule has 4 N–H and O–H groups in total. The van der Waals surface area contributed by atoms with Crippen LogP contribution in [0.1, 0.15) is 32.0 Å². The zero-order chi connectivity index (χ0) is 15.6. The number of nitrogens with one attached hydrogen (secondary N) is 1. The molecule has 0 aliphatic rings. The number of aromatic amines is 1. The molecule has 8 heteroatoms. The Morgan fingerprint density at radius 1 is 1.38 bits per heavy atom. The molecule has 0 spiro atoms. The maximum Gasteiger partial charge on any atom is 0.332 e. The first-order chi connectivity index (χ1) is 9.95. The predicted octanol–water partition coefficient (Wildman–Crippen LogP) is -0.567. The lowest BCUT2D eigenvalue weighted by Crippen LogP contribution is -2.39. The molecule has 0 bridgehead atoms. The fraction of sp³-hybridized carbons (Fsp3) is 0.615. The van der Waals surface area contributed by atoms with Crippen molar-refractivity contribution in [1.29, 1.82) is 0 Å². The number of nitrogens with two attached hydrogens (primary N) is 1. The Hall–Kier alpha value is -1.93. The summed E-state index contributed by atoms with van der Waals surface area (Å²) in [5.41, 5.74) is 5.36. The molecule has 0 saturated heterocycles. The van der Waals surface area contributed by atoms with Crippen LogP contribution < -0.4 is 17.0 Å². The van der Waals surface area contributed by atoms with Crippen molar-refractivity contribution in [3.05, 3.63) is 26.7 Å². The first-order valence-electron chi connectivity index (χ1n) is 7.02. The van der Waals surface area contributed by atoms with Crippen molar-refractivity contribution in [2.45, 2.75) is 45.4 Å². The van der Waals surface area contributed by atoms with Crippen molar-refractivity contribution in [1.82, 2.24) is 19.1 Å². The summed E-state index contributed by atoms with van der Waals surface area (Å²) >= 11 is 0. The molecular weight excluding hydrogens is 274 g/mol. The smallest absolute Gasteiger partial charge is 0.332 e. The van der Waals surface area contributed by atoms with Gasteiger partial charge in [-0.05, 0) is 26.2 Å². The molecule has 2 aromatic heterocycles. The van der Waals surface area contributed by atoms with Crippen molar-refractivity contribution in [2.75, 3.05) is 0 Å². The third kappa shape index (κ3) is 3.06. The van der Waals surface area contributed by atoms with Gasteiger partial charge in [0.15, 0.2) is 5.65 Å². The van der Waals surface area contributed by atoms with Crippen LogP contribution in [0.15, 0.2) is 9.59 Å². The summed E-state index contributed by atoms with van der Waals surface area (Å²) in [4.78, 5) is 31.6. The maximum absolute atomic E-state index is 12.3. The normalized spacial score (nSPS) is 13.0. The first-order valence-corrected chi connectivity index (χ1v) is 7.02. The van der Waals surface area contributed by atoms with Gasteiger partial charge in [-0.25, -0.2) is 9.78 Å². The van der Waals surface area contributed by atoms with E-state index in [1.807, 2.05) is 0 Å². The number of fused-ring (bicyclic) bond motifs is 1. The summed E-state index contributed by atoms with van der Waals surface area (Å²) < 4.78 is 2.55. The monoisotopic (exact) mass is 295 g/mol. The van der Waals surface area contributed by atoms with E-state index in [0.29, 0.717) is 36.4 Å². The fourth-order valence-corrected chi connectivity index (χ4v) is 2.30. The van der Waals surface area contributed by atoms with Crippen LogP contribution in [0.25, 0.3) is 11.2 Å². The van der Waals surface area contributed by atoms with Crippen LogP contribution in [-0.2, 0) is 20.1 Å². The number of rotatable bonds is 6. The first kappa shape index (κ1) is 15.5. The highest BCUT2D eigenvalue weighted by Gasteiger charge is 2.14. The molecule has 8 nitrogen and oxygen atoms in total. The van der Waals surface area contributed by atoms with E-state index in [2.05, 4.69) is 9.97 Å². The Labute approximate surface area is 121 Å². The molecular formula is C13H21N5O3. The summed E-state index contributed by atoms with van der Waals surface area (Å²) in [7, 11) is 1.58. The Morgan fingerprint density at radius 3 is 2.71 bits per heavy atom. The van der Waals surface area contributed by atoms with Gasteiger partial charge >= 0.3 is 5.69 Å². The zero-order valence-corrected chi connectivity index (χ0v) is 12.3. The number of aliphatic hydroxyl groups is 1. The van der Waals surface area contributed by atoms with Gasteiger partial charge in [0.05, 0.1) is 12.6 Å². The maximum atomic E-state index is 12.3. The molecule has 116 valence electrons. The van der Waals surface area contributed by atoms with Gasteiger partial charge in [-0.3, -0.25) is 13.9 Å².